The summed E-state index contributed by atoms with van der Waals surface area (Å²) in [6, 6.07) is 1.38. The summed E-state index contributed by atoms with van der Waals surface area (Å²) >= 11 is 0. The van der Waals surface area contributed by atoms with E-state index in [-0.39, 0.29) is 0 Å². The van der Waals surface area contributed by atoms with Crippen molar-refractivity contribution in [3.8, 4) is 0 Å². The van der Waals surface area contributed by atoms with E-state index < -0.39 is 0 Å². The van der Waals surface area contributed by atoms with E-state index in [0.717, 1.165) is 12.0 Å². The van der Waals surface area contributed by atoms with Crippen LogP contribution in [0.3, 0.4) is 0 Å². The van der Waals surface area contributed by atoms with Gasteiger partial charge in [-0.15, -0.1) is 0 Å². The molecule has 1 saturated heterocycles. The van der Waals surface area contributed by atoms with Crippen LogP contribution in [0, 0.1) is 5.92 Å². The summed E-state index contributed by atoms with van der Waals surface area (Å²) < 4.78 is 0. The summed E-state index contributed by atoms with van der Waals surface area (Å²) in [6.07, 6.45) is 12.4. The predicted octanol–water partition coefficient (Wildman–Crippen LogP) is 3.16. The van der Waals surface area contributed by atoms with Gasteiger partial charge in [-0.25, -0.2) is 0 Å². The molecule has 3 atom stereocenters. The first-order valence-electron chi connectivity index (χ1n) is 7.81. The zero-order valence-electron chi connectivity index (χ0n) is 11.5. The second kappa shape index (κ2) is 6.75. The molecule has 0 radical (unpaired) electrons. The lowest BCUT2D eigenvalue weighted by atomic mass is 9.95. The average Bonchev–Trinajstić information content (AvgIpc) is 2.74. The van der Waals surface area contributed by atoms with Crippen molar-refractivity contribution in [3.05, 3.63) is 0 Å². The predicted molar refractivity (Wildman–Crippen MR) is 74.1 cm³/mol. The van der Waals surface area contributed by atoms with Crippen LogP contribution in [0.5, 0.6) is 0 Å². The van der Waals surface area contributed by atoms with Gasteiger partial charge in [0.05, 0.1) is 0 Å². The lowest BCUT2D eigenvalue weighted by Crippen LogP contribution is -2.41. The van der Waals surface area contributed by atoms with Crippen LogP contribution in [0.1, 0.15) is 64.7 Å². The van der Waals surface area contributed by atoms with E-state index in [1.54, 1.807) is 0 Å². The molecule has 3 unspecified atom stereocenters. The van der Waals surface area contributed by atoms with Crippen molar-refractivity contribution < 1.29 is 0 Å². The third-order valence-electron chi connectivity index (χ3n) is 4.88. The minimum atomic E-state index is 0.504. The van der Waals surface area contributed by atoms with Gasteiger partial charge in [-0.3, -0.25) is 0 Å². The molecule has 0 amide bonds. The van der Waals surface area contributed by atoms with Gasteiger partial charge in [-0.05, 0) is 57.5 Å². The first kappa shape index (κ1) is 13.4. The SMILES string of the molecule is CCCC1CCCCN1CCC1CCCC1N. The van der Waals surface area contributed by atoms with Gasteiger partial charge in [0.15, 0.2) is 0 Å². The van der Waals surface area contributed by atoms with Crippen LogP contribution >= 0.6 is 0 Å². The molecule has 2 fully saturated rings. The normalized spacial score (nSPS) is 35.3. The number of hydrogen-bond donors (Lipinski definition) is 1. The number of rotatable bonds is 5. The Balaban J connectivity index is 1.75. The average molecular weight is 238 g/mol. The van der Waals surface area contributed by atoms with Crippen LogP contribution < -0.4 is 5.73 Å². The summed E-state index contributed by atoms with van der Waals surface area (Å²) in [7, 11) is 0. The van der Waals surface area contributed by atoms with Gasteiger partial charge in [0.2, 0.25) is 0 Å². The molecule has 1 aliphatic carbocycles. The third-order valence-corrected chi connectivity index (χ3v) is 4.88. The fourth-order valence-corrected chi connectivity index (χ4v) is 3.77. The zero-order valence-corrected chi connectivity index (χ0v) is 11.5. The number of nitrogens with two attached hydrogens (primary N) is 1. The molecule has 2 N–H and O–H groups in total. The van der Waals surface area contributed by atoms with Crippen LogP contribution in [-0.4, -0.2) is 30.1 Å². The Morgan fingerprint density at radius 3 is 2.65 bits per heavy atom. The Morgan fingerprint density at radius 1 is 1.06 bits per heavy atom. The number of nitrogens with zero attached hydrogens (tertiary/aromatic N) is 1. The molecule has 17 heavy (non-hydrogen) atoms. The van der Waals surface area contributed by atoms with Gasteiger partial charge >= 0.3 is 0 Å². The molecule has 0 spiro atoms. The van der Waals surface area contributed by atoms with Gasteiger partial charge in [0.1, 0.15) is 0 Å². The van der Waals surface area contributed by atoms with Crippen molar-refractivity contribution >= 4 is 0 Å². The van der Waals surface area contributed by atoms with Gasteiger partial charge in [0, 0.05) is 12.1 Å². The maximum absolute atomic E-state index is 6.17. The first-order valence-corrected chi connectivity index (χ1v) is 7.81. The Labute approximate surface area is 107 Å². The first-order chi connectivity index (χ1) is 8.31. The molecule has 2 heteroatoms. The highest BCUT2D eigenvalue weighted by molar-refractivity contribution is 4.83. The summed E-state index contributed by atoms with van der Waals surface area (Å²) in [4.78, 5) is 2.76. The van der Waals surface area contributed by atoms with Gasteiger partial charge in [0.25, 0.3) is 0 Å². The van der Waals surface area contributed by atoms with Crippen LogP contribution in [0.15, 0.2) is 0 Å². The molecule has 0 aromatic heterocycles. The maximum atomic E-state index is 6.17. The Kier molecular flexibility index (Phi) is 5.30. The molecule has 100 valence electrons. The molecule has 0 aromatic carbocycles. The van der Waals surface area contributed by atoms with Crippen molar-refractivity contribution in [3.63, 3.8) is 0 Å². The quantitative estimate of drug-likeness (QED) is 0.797. The minimum Gasteiger partial charge on any atom is -0.327 e. The van der Waals surface area contributed by atoms with E-state index >= 15 is 0 Å². The van der Waals surface area contributed by atoms with Crippen LogP contribution in [0.4, 0.5) is 0 Å². The van der Waals surface area contributed by atoms with Crippen molar-refractivity contribution in [2.75, 3.05) is 13.1 Å². The molecule has 2 nitrogen and oxygen atoms in total. The smallest absolute Gasteiger partial charge is 0.00951 e. The summed E-state index contributed by atoms with van der Waals surface area (Å²) in [6.45, 7) is 4.97. The standard InChI is InChI=1S/C15H30N2/c1-2-6-14-8-3-4-11-17(14)12-10-13-7-5-9-15(13)16/h13-15H,2-12,16H2,1H3. The Morgan fingerprint density at radius 2 is 1.94 bits per heavy atom. The van der Waals surface area contributed by atoms with Crippen LogP contribution in [0.25, 0.3) is 0 Å². The Bertz CT molecular complexity index is 215. The lowest BCUT2D eigenvalue weighted by molar-refractivity contribution is 0.129. The topological polar surface area (TPSA) is 29.3 Å². The highest BCUT2D eigenvalue weighted by Gasteiger charge is 2.26. The molecular weight excluding hydrogens is 208 g/mol. The van der Waals surface area contributed by atoms with Crippen molar-refractivity contribution in [1.82, 2.24) is 4.90 Å². The largest absolute Gasteiger partial charge is 0.327 e. The summed E-state index contributed by atoms with van der Waals surface area (Å²) in [5.41, 5.74) is 6.17. The highest BCUT2D eigenvalue weighted by atomic mass is 15.2. The lowest BCUT2D eigenvalue weighted by Gasteiger charge is -2.36. The molecule has 2 aliphatic rings. The molecule has 0 bridgehead atoms. The van der Waals surface area contributed by atoms with Crippen LogP contribution in [-0.2, 0) is 0 Å². The van der Waals surface area contributed by atoms with Crippen molar-refractivity contribution in [2.45, 2.75) is 76.8 Å². The van der Waals surface area contributed by atoms with Crippen LogP contribution in [0.2, 0.25) is 0 Å². The van der Waals surface area contributed by atoms with E-state index in [0.29, 0.717) is 6.04 Å². The van der Waals surface area contributed by atoms with Gasteiger partial charge in [-0.2, -0.15) is 0 Å². The summed E-state index contributed by atoms with van der Waals surface area (Å²) in [5.74, 6) is 0.819. The summed E-state index contributed by atoms with van der Waals surface area (Å²) in [5, 5.41) is 0. The van der Waals surface area contributed by atoms with E-state index in [1.807, 2.05) is 0 Å². The van der Waals surface area contributed by atoms with E-state index in [9.17, 15) is 0 Å². The van der Waals surface area contributed by atoms with Gasteiger partial charge in [-0.1, -0.05) is 26.2 Å². The fraction of sp³-hybridized carbons (Fsp3) is 1.00. The van der Waals surface area contributed by atoms with Crippen molar-refractivity contribution in [1.29, 1.82) is 0 Å². The van der Waals surface area contributed by atoms with E-state index in [4.69, 9.17) is 5.73 Å². The zero-order chi connectivity index (χ0) is 12.1. The molecule has 1 saturated carbocycles. The van der Waals surface area contributed by atoms with Gasteiger partial charge < -0.3 is 10.6 Å². The molecule has 2 rings (SSSR count). The third kappa shape index (κ3) is 3.69. The highest BCUT2D eigenvalue weighted by Crippen LogP contribution is 2.28. The molecular formula is C15H30N2. The molecule has 1 aliphatic heterocycles. The number of piperidine rings is 1. The van der Waals surface area contributed by atoms with E-state index in [2.05, 4.69) is 11.8 Å². The second-order valence-corrected chi connectivity index (χ2v) is 6.12. The molecule has 1 heterocycles. The van der Waals surface area contributed by atoms with Crippen molar-refractivity contribution in [2.24, 2.45) is 11.7 Å². The van der Waals surface area contributed by atoms with E-state index in [1.165, 1.54) is 70.9 Å². The Hall–Kier alpha value is -0.0800. The number of likely N-dealkylation sites (tertiary alicyclic amines) is 1. The number of hydrogen-bond acceptors (Lipinski definition) is 2. The maximum Gasteiger partial charge on any atom is 0.00951 e. The fourth-order valence-electron chi connectivity index (χ4n) is 3.77. The minimum absolute atomic E-state index is 0.504. The monoisotopic (exact) mass is 238 g/mol. The molecule has 0 aromatic rings. The second-order valence-electron chi connectivity index (χ2n) is 6.12.